The highest BCUT2D eigenvalue weighted by molar-refractivity contribution is 9.10. The van der Waals surface area contributed by atoms with E-state index in [2.05, 4.69) is 36.4 Å². The Kier molecular flexibility index (Phi) is 6.69. The molecule has 28 heavy (non-hydrogen) atoms. The lowest BCUT2D eigenvalue weighted by atomic mass is 10.2. The van der Waals surface area contributed by atoms with Crippen LogP contribution in [-0.2, 0) is 11.8 Å². The summed E-state index contributed by atoms with van der Waals surface area (Å²) in [6.07, 6.45) is 1.36. The number of hydrogen-bond acceptors (Lipinski definition) is 6. The molecule has 0 aliphatic heterocycles. The first-order valence-corrected chi connectivity index (χ1v) is 10.4. The van der Waals surface area contributed by atoms with Crippen LogP contribution in [0, 0.1) is 6.92 Å². The first kappa shape index (κ1) is 20.3. The van der Waals surface area contributed by atoms with Gasteiger partial charge in [0.15, 0.2) is 17.1 Å². The van der Waals surface area contributed by atoms with Crippen LogP contribution < -0.4 is 10.1 Å². The van der Waals surface area contributed by atoms with E-state index in [0.29, 0.717) is 16.8 Å². The van der Waals surface area contributed by atoms with E-state index in [-0.39, 0.29) is 17.8 Å². The standard InChI is InChI=1S/C19H20BrN5O2S/c1-12-5-4-6-15(9-12)27-13(2)18-23-24-19(25(18)3)28-11-17(26)22-16-8-7-14(20)10-21-16/h4-10,13H,11H2,1-3H3,(H,21,22,26). The Hall–Kier alpha value is -2.39. The molecule has 9 heteroatoms. The summed E-state index contributed by atoms with van der Waals surface area (Å²) >= 11 is 4.62. The third kappa shape index (κ3) is 5.32. The van der Waals surface area contributed by atoms with Crippen molar-refractivity contribution in [1.82, 2.24) is 19.7 Å². The number of halogens is 1. The number of ether oxygens (including phenoxy) is 1. The molecule has 1 N–H and O–H groups in total. The SMILES string of the molecule is Cc1cccc(OC(C)c2nnc(SCC(=O)Nc3ccc(Br)cn3)n2C)c1. The molecule has 0 radical (unpaired) electrons. The van der Waals surface area contributed by atoms with Gasteiger partial charge >= 0.3 is 0 Å². The average molecular weight is 462 g/mol. The molecule has 0 spiro atoms. The van der Waals surface area contributed by atoms with E-state index in [4.69, 9.17) is 4.74 Å². The summed E-state index contributed by atoms with van der Waals surface area (Å²) < 4.78 is 8.66. The Labute approximate surface area is 176 Å². The maximum Gasteiger partial charge on any atom is 0.236 e. The van der Waals surface area contributed by atoms with E-state index in [1.165, 1.54) is 11.8 Å². The lowest BCUT2D eigenvalue weighted by Gasteiger charge is -2.14. The number of pyridine rings is 1. The zero-order chi connectivity index (χ0) is 20.1. The fourth-order valence-electron chi connectivity index (χ4n) is 2.51. The number of aryl methyl sites for hydroxylation is 1. The number of aromatic nitrogens is 4. The van der Waals surface area contributed by atoms with Crippen molar-refractivity contribution in [3.63, 3.8) is 0 Å². The molecule has 0 fully saturated rings. The van der Waals surface area contributed by atoms with Crippen molar-refractivity contribution >= 4 is 39.4 Å². The Bertz CT molecular complexity index is 961. The molecule has 1 amide bonds. The topological polar surface area (TPSA) is 81.9 Å². The minimum absolute atomic E-state index is 0.159. The van der Waals surface area contributed by atoms with Gasteiger partial charge in [0.2, 0.25) is 5.91 Å². The van der Waals surface area contributed by atoms with Gasteiger partial charge in [-0.1, -0.05) is 23.9 Å². The second kappa shape index (κ2) is 9.20. The van der Waals surface area contributed by atoms with Crippen LogP contribution >= 0.6 is 27.7 Å². The number of benzene rings is 1. The lowest BCUT2D eigenvalue weighted by Crippen LogP contribution is -2.15. The monoisotopic (exact) mass is 461 g/mol. The largest absolute Gasteiger partial charge is 0.483 e. The highest BCUT2D eigenvalue weighted by Crippen LogP contribution is 2.24. The van der Waals surface area contributed by atoms with Gasteiger partial charge in [-0.05, 0) is 59.6 Å². The van der Waals surface area contributed by atoms with Gasteiger partial charge in [0, 0.05) is 17.7 Å². The summed E-state index contributed by atoms with van der Waals surface area (Å²) in [5, 5.41) is 11.8. The second-order valence-electron chi connectivity index (χ2n) is 6.17. The number of amides is 1. The maximum atomic E-state index is 12.1. The summed E-state index contributed by atoms with van der Waals surface area (Å²) in [6, 6.07) is 11.4. The van der Waals surface area contributed by atoms with Crippen LogP contribution in [-0.4, -0.2) is 31.4 Å². The molecule has 1 aromatic carbocycles. The number of carbonyl (C=O) groups excluding carboxylic acids is 1. The molecule has 1 atom stereocenters. The van der Waals surface area contributed by atoms with Crippen molar-refractivity contribution in [3.8, 4) is 5.75 Å². The van der Waals surface area contributed by atoms with Gasteiger partial charge in [-0.3, -0.25) is 4.79 Å². The molecular weight excluding hydrogens is 442 g/mol. The molecule has 0 saturated carbocycles. The summed E-state index contributed by atoms with van der Waals surface area (Å²) in [4.78, 5) is 16.3. The molecule has 2 aromatic heterocycles. The predicted octanol–water partition coefficient (Wildman–Crippen LogP) is 4.15. The smallest absolute Gasteiger partial charge is 0.236 e. The van der Waals surface area contributed by atoms with Crippen molar-refractivity contribution in [1.29, 1.82) is 0 Å². The molecule has 146 valence electrons. The molecular formula is C19H20BrN5O2S. The van der Waals surface area contributed by atoms with Crippen molar-refractivity contribution in [2.24, 2.45) is 7.05 Å². The molecule has 3 aromatic rings. The fourth-order valence-corrected chi connectivity index (χ4v) is 3.46. The molecule has 0 saturated heterocycles. The van der Waals surface area contributed by atoms with E-state index in [1.807, 2.05) is 55.8 Å². The predicted molar refractivity (Wildman–Crippen MR) is 113 cm³/mol. The van der Waals surface area contributed by atoms with Gasteiger partial charge in [-0.15, -0.1) is 10.2 Å². The average Bonchev–Trinajstić information content (AvgIpc) is 3.02. The van der Waals surface area contributed by atoms with Gasteiger partial charge in [0.1, 0.15) is 11.6 Å². The Balaban J connectivity index is 1.57. The van der Waals surface area contributed by atoms with Crippen molar-refractivity contribution < 1.29 is 9.53 Å². The van der Waals surface area contributed by atoms with Crippen LogP contribution in [0.5, 0.6) is 5.75 Å². The highest BCUT2D eigenvalue weighted by atomic mass is 79.9. The van der Waals surface area contributed by atoms with E-state index >= 15 is 0 Å². The summed E-state index contributed by atoms with van der Waals surface area (Å²) in [5.74, 6) is 2.03. The van der Waals surface area contributed by atoms with Gasteiger partial charge < -0.3 is 14.6 Å². The molecule has 0 aliphatic carbocycles. The molecule has 2 heterocycles. The first-order valence-electron chi connectivity index (χ1n) is 8.59. The quantitative estimate of drug-likeness (QED) is 0.532. The number of anilines is 1. The van der Waals surface area contributed by atoms with Crippen LogP contribution in [0.3, 0.4) is 0 Å². The number of thioether (sulfide) groups is 1. The van der Waals surface area contributed by atoms with Crippen LogP contribution in [0.25, 0.3) is 0 Å². The maximum absolute atomic E-state index is 12.1. The van der Waals surface area contributed by atoms with Crippen LogP contribution in [0.2, 0.25) is 0 Å². The van der Waals surface area contributed by atoms with Crippen LogP contribution in [0.1, 0.15) is 24.4 Å². The number of hydrogen-bond donors (Lipinski definition) is 1. The minimum atomic E-state index is -0.269. The molecule has 7 nitrogen and oxygen atoms in total. The summed E-state index contributed by atoms with van der Waals surface area (Å²) in [6.45, 7) is 3.94. The van der Waals surface area contributed by atoms with Crippen molar-refractivity contribution in [3.05, 3.63) is 58.5 Å². The molecule has 0 aliphatic rings. The van der Waals surface area contributed by atoms with Gasteiger partial charge in [-0.25, -0.2) is 4.98 Å². The Morgan fingerprint density at radius 2 is 2.14 bits per heavy atom. The van der Waals surface area contributed by atoms with Gasteiger partial charge in [0.25, 0.3) is 0 Å². The molecule has 1 unspecified atom stereocenters. The van der Waals surface area contributed by atoms with Crippen LogP contribution in [0.4, 0.5) is 5.82 Å². The second-order valence-corrected chi connectivity index (χ2v) is 8.03. The minimum Gasteiger partial charge on any atom is -0.483 e. The zero-order valence-corrected chi connectivity index (χ0v) is 18.1. The fraction of sp³-hybridized carbons (Fsp3) is 0.263. The molecule has 0 bridgehead atoms. The van der Waals surface area contributed by atoms with E-state index in [1.54, 1.807) is 12.3 Å². The number of nitrogens with zero attached hydrogens (tertiary/aromatic N) is 4. The van der Waals surface area contributed by atoms with E-state index in [0.717, 1.165) is 15.8 Å². The van der Waals surface area contributed by atoms with Gasteiger partial charge in [0.05, 0.1) is 5.75 Å². The number of nitrogens with one attached hydrogen (secondary N) is 1. The Morgan fingerprint density at radius 3 is 2.86 bits per heavy atom. The van der Waals surface area contributed by atoms with E-state index < -0.39 is 0 Å². The van der Waals surface area contributed by atoms with Gasteiger partial charge in [-0.2, -0.15) is 0 Å². The Morgan fingerprint density at radius 1 is 1.32 bits per heavy atom. The summed E-state index contributed by atoms with van der Waals surface area (Å²) in [5.41, 5.74) is 1.13. The zero-order valence-electron chi connectivity index (χ0n) is 15.7. The highest BCUT2D eigenvalue weighted by Gasteiger charge is 2.18. The molecule has 3 rings (SSSR count). The normalized spacial score (nSPS) is 11.9. The summed E-state index contributed by atoms with van der Waals surface area (Å²) in [7, 11) is 1.86. The first-order chi connectivity index (χ1) is 13.4. The van der Waals surface area contributed by atoms with Crippen LogP contribution in [0.15, 0.2) is 52.2 Å². The number of carbonyl (C=O) groups is 1. The van der Waals surface area contributed by atoms with Crippen molar-refractivity contribution in [2.75, 3.05) is 11.1 Å². The lowest BCUT2D eigenvalue weighted by molar-refractivity contribution is -0.113. The van der Waals surface area contributed by atoms with Crippen molar-refractivity contribution in [2.45, 2.75) is 25.1 Å². The van der Waals surface area contributed by atoms with E-state index in [9.17, 15) is 4.79 Å². The third-order valence-corrected chi connectivity index (χ3v) is 5.35. The third-order valence-electron chi connectivity index (χ3n) is 3.86. The number of rotatable bonds is 7.